The van der Waals surface area contributed by atoms with E-state index in [1.165, 1.54) is 0 Å². The molecule has 0 aromatic heterocycles. The van der Waals surface area contributed by atoms with Crippen molar-refractivity contribution in [3.8, 4) is 0 Å². The van der Waals surface area contributed by atoms with E-state index in [1.54, 1.807) is 0 Å². The highest BCUT2D eigenvalue weighted by Gasteiger charge is 2.14. The highest BCUT2D eigenvalue weighted by molar-refractivity contribution is 9.10. The summed E-state index contributed by atoms with van der Waals surface area (Å²) in [5.74, 6) is -0.301. The summed E-state index contributed by atoms with van der Waals surface area (Å²) in [5, 5.41) is 3.33. The third-order valence-corrected chi connectivity index (χ3v) is 3.23. The van der Waals surface area contributed by atoms with Crippen LogP contribution in [-0.4, -0.2) is 19.1 Å². The summed E-state index contributed by atoms with van der Waals surface area (Å²) in [6.07, 6.45) is 0. The molecule has 0 bridgehead atoms. The van der Waals surface area contributed by atoms with Crippen molar-refractivity contribution in [3.05, 3.63) is 27.7 Å². The molecule has 100 valence electrons. The van der Waals surface area contributed by atoms with Crippen molar-refractivity contribution in [2.24, 2.45) is 5.92 Å². The lowest BCUT2D eigenvalue weighted by molar-refractivity contribution is -0.146. The Morgan fingerprint density at radius 2 is 1.94 bits per heavy atom. The quantitative estimate of drug-likeness (QED) is 0.843. The number of carbonyl (C=O) groups is 1. The van der Waals surface area contributed by atoms with Crippen molar-refractivity contribution in [1.29, 1.82) is 0 Å². The molecule has 0 amide bonds. The lowest BCUT2D eigenvalue weighted by Crippen LogP contribution is -2.23. The predicted octanol–water partition coefficient (Wildman–Crippen LogP) is 3.68. The molecule has 0 aliphatic carbocycles. The molecule has 1 unspecified atom stereocenters. The lowest BCUT2D eigenvalue weighted by atomic mass is 10.1. The van der Waals surface area contributed by atoms with E-state index in [4.69, 9.17) is 4.74 Å². The summed E-state index contributed by atoms with van der Waals surface area (Å²) in [5.41, 5.74) is 3.42. The van der Waals surface area contributed by atoms with Crippen molar-refractivity contribution in [3.63, 3.8) is 0 Å². The van der Waals surface area contributed by atoms with Gasteiger partial charge in [-0.2, -0.15) is 0 Å². The largest absolute Gasteiger partial charge is 0.466 e. The molecule has 0 fully saturated rings. The number of carbonyl (C=O) groups excluding carboxylic acids is 1. The zero-order chi connectivity index (χ0) is 13.7. The summed E-state index contributed by atoms with van der Waals surface area (Å²) in [6, 6.07) is 4.12. The second kappa shape index (κ2) is 6.78. The smallest absolute Gasteiger partial charge is 0.310 e. The van der Waals surface area contributed by atoms with Gasteiger partial charge in [0.15, 0.2) is 0 Å². The molecule has 0 saturated carbocycles. The third kappa shape index (κ3) is 4.02. The van der Waals surface area contributed by atoms with Crippen LogP contribution in [0, 0.1) is 19.8 Å². The van der Waals surface area contributed by atoms with Gasteiger partial charge in [-0.15, -0.1) is 0 Å². The summed E-state index contributed by atoms with van der Waals surface area (Å²) in [7, 11) is 0. The van der Waals surface area contributed by atoms with Gasteiger partial charge in [0.25, 0.3) is 0 Å². The van der Waals surface area contributed by atoms with Crippen LogP contribution in [0.1, 0.15) is 25.0 Å². The van der Waals surface area contributed by atoms with Crippen LogP contribution >= 0.6 is 15.9 Å². The Morgan fingerprint density at radius 1 is 1.39 bits per heavy atom. The fraction of sp³-hybridized carbons (Fsp3) is 0.500. The third-order valence-electron chi connectivity index (χ3n) is 2.77. The average Bonchev–Trinajstić information content (AvgIpc) is 2.27. The molecule has 0 aliphatic heterocycles. The van der Waals surface area contributed by atoms with E-state index in [0.717, 1.165) is 21.3 Å². The lowest BCUT2D eigenvalue weighted by Gasteiger charge is -2.16. The van der Waals surface area contributed by atoms with Crippen molar-refractivity contribution < 1.29 is 9.53 Å². The van der Waals surface area contributed by atoms with Crippen molar-refractivity contribution in [1.82, 2.24) is 0 Å². The first-order valence-corrected chi connectivity index (χ1v) is 6.92. The molecule has 1 rings (SSSR count). The highest BCUT2D eigenvalue weighted by atomic mass is 79.9. The first-order chi connectivity index (χ1) is 8.45. The predicted molar refractivity (Wildman–Crippen MR) is 77.9 cm³/mol. The van der Waals surface area contributed by atoms with Gasteiger partial charge in [0.05, 0.1) is 12.5 Å². The number of halogens is 1. The molecule has 1 aromatic carbocycles. The topological polar surface area (TPSA) is 38.3 Å². The molecule has 0 heterocycles. The second-order valence-corrected chi connectivity index (χ2v) is 5.36. The summed E-state index contributed by atoms with van der Waals surface area (Å²) in [6.45, 7) is 8.81. The average molecular weight is 314 g/mol. The van der Waals surface area contributed by atoms with E-state index in [2.05, 4.69) is 47.2 Å². The van der Waals surface area contributed by atoms with Crippen LogP contribution < -0.4 is 5.32 Å². The fourth-order valence-corrected chi connectivity index (χ4v) is 2.50. The number of benzene rings is 1. The van der Waals surface area contributed by atoms with Gasteiger partial charge in [-0.3, -0.25) is 4.79 Å². The minimum absolute atomic E-state index is 0.146. The maximum absolute atomic E-state index is 11.5. The molecule has 18 heavy (non-hydrogen) atoms. The van der Waals surface area contributed by atoms with Gasteiger partial charge in [0.2, 0.25) is 0 Å². The zero-order valence-corrected chi connectivity index (χ0v) is 12.9. The van der Waals surface area contributed by atoms with E-state index in [1.807, 2.05) is 13.8 Å². The summed E-state index contributed by atoms with van der Waals surface area (Å²) >= 11 is 3.47. The molecule has 1 aromatic rings. The Balaban J connectivity index is 2.66. The van der Waals surface area contributed by atoms with E-state index >= 15 is 0 Å². The monoisotopic (exact) mass is 313 g/mol. The van der Waals surface area contributed by atoms with Gasteiger partial charge < -0.3 is 10.1 Å². The number of hydrogen-bond acceptors (Lipinski definition) is 3. The molecule has 3 nitrogen and oxygen atoms in total. The maximum Gasteiger partial charge on any atom is 0.310 e. The molecular weight excluding hydrogens is 294 g/mol. The highest BCUT2D eigenvalue weighted by Crippen LogP contribution is 2.25. The van der Waals surface area contributed by atoms with E-state index in [-0.39, 0.29) is 11.9 Å². The van der Waals surface area contributed by atoms with Gasteiger partial charge in [-0.1, -0.05) is 22.9 Å². The van der Waals surface area contributed by atoms with Crippen LogP contribution in [0.4, 0.5) is 5.69 Å². The van der Waals surface area contributed by atoms with Gasteiger partial charge in [0, 0.05) is 16.7 Å². The van der Waals surface area contributed by atoms with Crippen LogP contribution in [0.15, 0.2) is 16.6 Å². The molecule has 4 heteroatoms. The van der Waals surface area contributed by atoms with E-state index < -0.39 is 0 Å². The summed E-state index contributed by atoms with van der Waals surface area (Å²) < 4.78 is 6.06. The van der Waals surface area contributed by atoms with Gasteiger partial charge in [0.1, 0.15) is 0 Å². The first-order valence-electron chi connectivity index (χ1n) is 6.13. The normalized spacial score (nSPS) is 12.1. The SMILES string of the molecule is CCOC(=O)C(C)CNc1c(C)cc(Br)cc1C. The molecule has 0 saturated heterocycles. The Kier molecular flexibility index (Phi) is 5.66. The Labute approximate surface area is 117 Å². The van der Waals surface area contributed by atoms with E-state index in [0.29, 0.717) is 13.2 Å². The minimum Gasteiger partial charge on any atom is -0.466 e. The molecule has 0 aliphatic rings. The number of aryl methyl sites for hydroxylation is 2. The summed E-state index contributed by atoms with van der Waals surface area (Å²) in [4.78, 5) is 11.5. The zero-order valence-electron chi connectivity index (χ0n) is 11.3. The van der Waals surface area contributed by atoms with Gasteiger partial charge in [-0.05, 0) is 44.0 Å². The number of anilines is 1. The first kappa shape index (κ1) is 15.0. The molecule has 0 radical (unpaired) electrons. The van der Waals surface area contributed by atoms with E-state index in [9.17, 15) is 4.79 Å². The number of nitrogens with one attached hydrogen (secondary N) is 1. The molecule has 1 N–H and O–H groups in total. The molecule has 0 spiro atoms. The van der Waals surface area contributed by atoms with Gasteiger partial charge >= 0.3 is 5.97 Å². The maximum atomic E-state index is 11.5. The number of rotatable bonds is 5. The van der Waals surface area contributed by atoms with Gasteiger partial charge in [-0.25, -0.2) is 0 Å². The van der Waals surface area contributed by atoms with Crippen LogP contribution in [0.3, 0.4) is 0 Å². The minimum atomic E-state index is -0.155. The van der Waals surface area contributed by atoms with Crippen LogP contribution in [0.5, 0.6) is 0 Å². The second-order valence-electron chi connectivity index (χ2n) is 4.45. The Bertz CT molecular complexity index is 409. The number of hydrogen-bond donors (Lipinski definition) is 1. The fourth-order valence-electron chi connectivity index (χ4n) is 1.81. The van der Waals surface area contributed by atoms with Crippen LogP contribution in [-0.2, 0) is 9.53 Å². The number of ether oxygens (including phenoxy) is 1. The van der Waals surface area contributed by atoms with Crippen molar-refractivity contribution >= 4 is 27.6 Å². The molecule has 1 atom stereocenters. The Hall–Kier alpha value is -1.03. The standard InChI is InChI=1S/C14H20BrNO2/c1-5-18-14(17)11(4)8-16-13-9(2)6-12(15)7-10(13)3/h6-7,11,16H,5,8H2,1-4H3. The van der Waals surface area contributed by atoms with Crippen LogP contribution in [0.2, 0.25) is 0 Å². The van der Waals surface area contributed by atoms with Crippen molar-refractivity contribution in [2.45, 2.75) is 27.7 Å². The Morgan fingerprint density at radius 3 is 2.44 bits per heavy atom. The van der Waals surface area contributed by atoms with Crippen molar-refractivity contribution in [2.75, 3.05) is 18.5 Å². The van der Waals surface area contributed by atoms with Crippen LogP contribution in [0.25, 0.3) is 0 Å². The number of esters is 1. The molecular formula is C14H20BrNO2.